The zero-order valence-corrected chi connectivity index (χ0v) is 6.60. The summed E-state index contributed by atoms with van der Waals surface area (Å²) in [4.78, 5) is 0. The topological polar surface area (TPSA) is 0 Å². The summed E-state index contributed by atoms with van der Waals surface area (Å²) >= 11 is 6.77. The van der Waals surface area contributed by atoms with Gasteiger partial charge in [0.1, 0.15) is 10.2 Å². The van der Waals surface area contributed by atoms with E-state index in [0.717, 1.165) is 0 Å². The third-order valence-electron chi connectivity index (χ3n) is 0. The van der Waals surface area contributed by atoms with Crippen molar-refractivity contribution in [3.63, 3.8) is 0 Å². The molecule has 4 heavy (non-hydrogen) atoms. The second-order valence-electron chi connectivity index (χ2n) is 0.245. The Bertz CT molecular complexity index is 44.9. The Morgan fingerprint density at radius 1 is 2.50 bits per heavy atom. The van der Waals surface area contributed by atoms with E-state index in [4.69, 9.17) is 1.28 Å². The van der Waals surface area contributed by atoms with Gasteiger partial charge in [-0.05, 0) is 0 Å². The van der Waals surface area contributed by atoms with E-state index in [2.05, 4.69) is 33.8 Å². The Labute approximate surface area is 48.0 Å². The molecule has 0 aromatic rings. The van der Waals surface area contributed by atoms with E-state index in [1.54, 1.807) is 0 Å². The summed E-state index contributed by atoms with van der Waals surface area (Å²) in [5.74, 6) is 0. The molecule has 0 aromatic heterocycles. The highest BCUT2D eigenvalue weighted by atomic mass is 127. The summed E-state index contributed by atoms with van der Waals surface area (Å²) in [6.45, 7) is 0. The lowest BCUT2D eigenvalue weighted by Crippen LogP contribution is -0.866. The minimum atomic E-state index is -0.350. The zero-order chi connectivity index (χ0) is 4.28. The van der Waals surface area contributed by atoms with Gasteiger partial charge in [0.25, 0.3) is 4.03 Å². The molecule has 2 atom stereocenters. The lowest BCUT2D eigenvalue weighted by molar-refractivity contribution is 5.69. The maximum absolute atomic E-state index is 6.60. The molecular formula is H2IP2S+. The fourth-order valence-corrected chi connectivity index (χ4v) is 0. The molecule has 0 bridgehead atoms. The number of hydrogen-bond acceptors (Lipinski definition) is 1. The van der Waals surface area contributed by atoms with Crippen LogP contribution in [0.5, 0.6) is 0 Å². The van der Waals surface area contributed by atoms with Gasteiger partial charge in [-0.3, -0.25) is 0 Å². The van der Waals surface area contributed by atoms with Crippen LogP contribution in [0.25, 0.3) is 0 Å². The first-order valence-corrected chi connectivity index (χ1v) is 7.06. The molecule has 24 valence electrons. The highest BCUT2D eigenvalue weighted by Gasteiger charge is 1.80. The maximum Gasteiger partial charge on any atom is 0.253 e. The van der Waals surface area contributed by atoms with Gasteiger partial charge in [-0.1, -0.05) is 0 Å². The van der Waals surface area contributed by atoms with Gasteiger partial charge in [-0.2, -0.15) is 0 Å². The monoisotopic (exact) mass is 224 g/mol. The SMILES string of the molecule is [2H]P[P+](=S)I. The van der Waals surface area contributed by atoms with E-state index in [0.29, 0.717) is 0 Å². The van der Waals surface area contributed by atoms with Gasteiger partial charge >= 0.3 is 0 Å². The number of rotatable bonds is 1. The zero-order valence-electron chi connectivity index (χ0n) is 2.73. The summed E-state index contributed by atoms with van der Waals surface area (Å²) in [7, 11) is 0.230. The van der Waals surface area contributed by atoms with Crippen LogP contribution in [0.15, 0.2) is 0 Å². The van der Waals surface area contributed by atoms with Crippen molar-refractivity contribution in [3.05, 3.63) is 0 Å². The van der Waals surface area contributed by atoms with E-state index in [-0.39, 0.29) is 12.9 Å². The maximum atomic E-state index is 6.60. The molecule has 0 heterocycles. The van der Waals surface area contributed by atoms with Crippen LogP contribution in [0.4, 0.5) is 0 Å². The molecule has 0 aliphatic heterocycles. The van der Waals surface area contributed by atoms with Crippen molar-refractivity contribution < 1.29 is 0 Å². The third-order valence-corrected chi connectivity index (χ3v) is 0. The van der Waals surface area contributed by atoms with E-state index >= 15 is 0 Å². The van der Waals surface area contributed by atoms with Gasteiger partial charge < -0.3 is 0 Å². The molecular weight excluding hydrogens is 221 g/mol. The molecule has 0 nitrogen and oxygen atoms in total. The van der Waals surface area contributed by atoms with Crippen molar-refractivity contribution in [2.24, 2.45) is 0 Å². The van der Waals surface area contributed by atoms with Gasteiger partial charge in [0.05, 0.1) is 0 Å². The Morgan fingerprint density at radius 3 is 2.75 bits per heavy atom. The van der Waals surface area contributed by atoms with Gasteiger partial charge in [-0.15, -0.1) is 0 Å². The Morgan fingerprint density at radius 2 is 2.75 bits per heavy atom. The second-order valence-corrected chi connectivity index (χ2v) is 11.7. The standard InChI is InChI=1S/H2IP2S/c1-3(2)4/h2H2/q+1/i2D. The first kappa shape index (κ1) is 3.86. The Balaban J connectivity index is 2.85. The van der Waals surface area contributed by atoms with Crippen molar-refractivity contribution >= 4 is 46.7 Å². The third kappa shape index (κ3) is 9.36. The molecule has 0 saturated carbocycles. The first-order valence-electron chi connectivity index (χ1n) is 1.08. The fraction of sp³-hybridized carbons (Fsp3) is 0. The minimum absolute atomic E-state index is 0.230. The molecule has 0 N–H and O–H groups in total. The summed E-state index contributed by atoms with van der Waals surface area (Å²) in [6.07, 6.45) is 0. The van der Waals surface area contributed by atoms with Crippen LogP contribution in [-0.4, -0.2) is 1.28 Å². The highest BCUT2D eigenvalue weighted by Crippen LogP contribution is 2.39. The van der Waals surface area contributed by atoms with Crippen LogP contribution in [0.1, 0.15) is 0 Å². The average molecular weight is 224 g/mol. The largest absolute Gasteiger partial charge is 0.253 e. The van der Waals surface area contributed by atoms with Crippen LogP contribution in [-0.2, 0) is 11.8 Å². The van der Waals surface area contributed by atoms with E-state index in [1.807, 2.05) is 0 Å². The van der Waals surface area contributed by atoms with Gasteiger partial charge in [0, 0.05) is 0 Å². The normalized spacial score (nSPS) is 17.2. The molecule has 0 radical (unpaired) electrons. The van der Waals surface area contributed by atoms with E-state index in [9.17, 15) is 0 Å². The predicted octanol–water partition coefficient (Wildman–Crippen LogP) is 2.07. The Kier molecular flexibility index (Phi) is 2.79. The van der Waals surface area contributed by atoms with Crippen molar-refractivity contribution in [1.29, 1.82) is 1.28 Å². The number of hydrogen-bond donors (Lipinski definition) is 0. The summed E-state index contributed by atoms with van der Waals surface area (Å²) in [5.41, 5.74) is 0. The molecule has 0 aromatic carbocycles. The van der Waals surface area contributed by atoms with Gasteiger partial charge in [0.15, 0.2) is 11.8 Å². The molecule has 4 heteroatoms. The fourth-order valence-electron chi connectivity index (χ4n) is 0. The van der Waals surface area contributed by atoms with Crippen LogP contribution in [0.3, 0.4) is 0 Å². The molecule has 0 fully saturated rings. The molecule has 2 unspecified atom stereocenters. The smallest absolute Gasteiger partial charge is 0.109 e. The van der Waals surface area contributed by atoms with Crippen molar-refractivity contribution in [1.82, 2.24) is 0 Å². The summed E-state index contributed by atoms with van der Waals surface area (Å²) in [5, 5.41) is 0. The van der Waals surface area contributed by atoms with E-state index in [1.165, 1.54) is 0 Å². The summed E-state index contributed by atoms with van der Waals surface area (Å²) in [6, 6.07) is 0. The predicted molar refractivity (Wildman–Crippen MR) is 38.0 cm³/mol. The lowest BCUT2D eigenvalue weighted by atomic mass is 29.8. The van der Waals surface area contributed by atoms with Crippen LogP contribution in [0, 0.1) is 0 Å². The van der Waals surface area contributed by atoms with Crippen molar-refractivity contribution in [3.8, 4) is 0 Å². The van der Waals surface area contributed by atoms with Crippen molar-refractivity contribution in [2.75, 3.05) is 0 Å². The average Bonchev–Trinajstić information content (AvgIpc) is 1.38. The molecule has 0 rings (SSSR count). The molecule has 0 saturated heterocycles. The van der Waals surface area contributed by atoms with Gasteiger partial charge in [0.2, 0.25) is 22.0 Å². The molecule has 0 aliphatic carbocycles. The molecule has 0 amide bonds. The van der Waals surface area contributed by atoms with E-state index < -0.39 is 0 Å². The minimum Gasteiger partial charge on any atom is 0.109 e. The number of halogens is 1. The quantitative estimate of drug-likeness (QED) is 0.485. The first-order chi connectivity index (χ1) is 2.27. The molecule has 0 aliphatic rings. The highest BCUT2D eigenvalue weighted by molar-refractivity contribution is 14.2. The van der Waals surface area contributed by atoms with Crippen molar-refractivity contribution in [2.45, 2.75) is 0 Å². The summed E-state index contributed by atoms with van der Waals surface area (Å²) < 4.78 is 6.25. The van der Waals surface area contributed by atoms with Gasteiger partial charge in [-0.25, -0.2) is 0 Å². The van der Waals surface area contributed by atoms with Crippen LogP contribution >= 0.6 is 34.9 Å². The molecule has 0 spiro atoms. The Hall–Kier alpha value is 1.68. The van der Waals surface area contributed by atoms with Crippen LogP contribution < -0.4 is 0 Å². The lowest BCUT2D eigenvalue weighted by Gasteiger charge is -1.37. The second kappa shape index (κ2) is 2.89. The van der Waals surface area contributed by atoms with Crippen LogP contribution in [0.2, 0.25) is 0 Å².